The van der Waals surface area contributed by atoms with Gasteiger partial charge in [0.2, 0.25) is 0 Å². The predicted molar refractivity (Wildman–Crippen MR) is 99.9 cm³/mol. The highest BCUT2D eigenvalue weighted by Crippen LogP contribution is 2.30. The van der Waals surface area contributed by atoms with Crippen molar-refractivity contribution in [1.82, 2.24) is 15.0 Å². The third kappa shape index (κ3) is 3.12. The van der Waals surface area contributed by atoms with Crippen LogP contribution in [0.25, 0.3) is 11.0 Å². The molecule has 1 aromatic carbocycles. The number of aliphatic hydroxyl groups excluding tert-OH is 1. The second kappa shape index (κ2) is 6.48. The van der Waals surface area contributed by atoms with Gasteiger partial charge in [-0.1, -0.05) is 18.2 Å². The molecule has 0 radical (unpaired) electrons. The summed E-state index contributed by atoms with van der Waals surface area (Å²) in [6.45, 7) is 5.77. The Morgan fingerprint density at radius 1 is 1.12 bits per heavy atom. The molecule has 5 nitrogen and oxygen atoms in total. The lowest BCUT2D eigenvalue weighted by Gasteiger charge is -2.32. The lowest BCUT2D eigenvalue weighted by molar-refractivity contribution is 0.194. The van der Waals surface area contributed by atoms with E-state index in [-0.39, 0.29) is 0 Å². The molecular weight excluding hydrogens is 312 g/mol. The lowest BCUT2D eigenvalue weighted by Crippen LogP contribution is -2.33. The van der Waals surface area contributed by atoms with Crippen LogP contribution >= 0.6 is 0 Å². The number of fused-ring (bicyclic) bond motifs is 1. The van der Waals surface area contributed by atoms with Gasteiger partial charge in [0, 0.05) is 19.0 Å². The number of hydrogen-bond acceptors (Lipinski definition) is 4. The summed E-state index contributed by atoms with van der Waals surface area (Å²) in [4.78, 5) is 15.2. The Hall–Kier alpha value is -2.40. The van der Waals surface area contributed by atoms with Gasteiger partial charge >= 0.3 is 0 Å². The fraction of sp³-hybridized carbons (Fsp3) is 0.400. The maximum atomic E-state index is 9.74. The summed E-state index contributed by atoms with van der Waals surface area (Å²) >= 11 is 0. The molecule has 2 N–H and O–H groups in total. The van der Waals surface area contributed by atoms with Crippen LogP contribution in [0.2, 0.25) is 0 Å². The van der Waals surface area contributed by atoms with E-state index in [4.69, 9.17) is 4.98 Å². The Morgan fingerprint density at radius 3 is 2.60 bits per heavy atom. The molecule has 0 amide bonds. The molecule has 0 spiro atoms. The van der Waals surface area contributed by atoms with Gasteiger partial charge in [-0.25, -0.2) is 9.97 Å². The number of aryl methyl sites for hydroxylation is 1. The lowest BCUT2D eigenvalue weighted by atomic mass is 9.96. The maximum absolute atomic E-state index is 9.74. The van der Waals surface area contributed by atoms with E-state index in [1.807, 2.05) is 18.2 Å². The van der Waals surface area contributed by atoms with Crippen molar-refractivity contribution in [3.63, 3.8) is 0 Å². The second-order valence-corrected chi connectivity index (χ2v) is 6.95. The highest BCUT2D eigenvalue weighted by atomic mass is 16.3. The average molecular weight is 336 g/mol. The summed E-state index contributed by atoms with van der Waals surface area (Å²) in [6, 6.07) is 12.1. The first-order valence-electron chi connectivity index (χ1n) is 8.97. The van der Waals surface area contributed by atoms with Gasteiger partial charge in [0.15, 0.2) is 0 Å². The molecule has 0 bridgehead atoms. The van der Waals surface area contributed by atoms with E-state index in [1.54, 1.807) is 6.92 Å². The number of aliphatic hydroxyl groups is 1. The summed E-state index contributed by atoms with van der Waals surface area (Å²) in [7, 11) is 0. The molecule has 1 aliphatic heterocycles. The quantitative estimate of drug-likeness (QED) is 0.765. The van der Waals surface area contributed by atoms with Crippen molar-refractivity contribution in [1.29, 1.82) is 0 Å². The van der Waals surface area contributed by atoms with Gasteiger partial charge in [0.1, 0.15) is 11.6 Å². The van der Waals surface area contributed by atoms with E-state index in [2.05, 4.69) is 40.0 Å². The number of para-hydroxylation sites is 1. The number of piperidine rings is 1. The number of aromatic amines is 1. The molecule has 130 valence electrons. The van der Waals surface area contributed by atoms with Crippen molar-refractivity contribution in [2.75, 3.05) is 18.0 Å². The maximum Gasteiger partial charge on any atom is 0.128 e. The smallest absolute Gasteiger partial charge is 0.128 e. The largest absolute Gasteiger partial charge is 0.387 e. The third-order valence-electron chi connectivity index (χ3n) is 5.12. The van der Waals surface area contributed by atoms with Gasteiger partial charge in [0.25, 0.3) is 0 Å². The Balaban J connectivity index is 1.49. The number of aromatic nitrogens is 3. The van der Waals surface area contributed by atoms with Crippen molar-refractivity contribution in [3.05, 3.63) is 53.5 Å². The highest BCUT2D eigenvalue weighted by Gasteiger charge is 2.24. The van der Waals surface area contributed by atoms with Crippen molar-refractivity contribution in [2.45, 2.75) is 38.7 Å². The van der Waals surface area contributed by atoms with E-state index in [9.17, 15) is 5.11 Å². The minimum Gasteiger partial charge on any atom is -0.387 e. The molecule has 1 aliphatic rings. The number of nitrogens with one attached hydrogen (secondary N) is 1. The first-order valence-corrected chi connectivity index (χ1v) is 8.97. The third-order valence-corrected chi connectivity index (χ3v) is 5.12. The molecule has 1 atom stereocenters. The molecule has 3 aromatic rings. The van der Waals surface area contributed by atoms with E-state index in [0.29, 0.717) is 5.92 Å². The molecule has 25 heavy (non-hydrogen) atoms. The number of anilines is 1. The van der Waals surface area contributed by atoms with E-state index >= 15 is 0 Å². The number of H-pyrrole nitrogens is 1. The van der Waals surface area contributed by atoms with Crippen molar-refractivity contribution < 1.29 is 5.11 Å². The summed E-state index contributed by atoms with van der Waals surface area (Å²) in [5.41, 5.74) is 4.17. The van der Waals surface area contributed by atoms with Crippen LogP contribution in [0.3, 0.4) is 0 Å². The van der Waals surface area contributed by atoms with Gasteiger partial charge in [-0.15, -0.1) is 0 Å². The number of nitrogens with zero attached hydrogens (tertiary/aromatic N) is 3. The molecule has 4 rings (SSSR count). The topological polar surface area (TPSA) is 65.0 Å². The molecular formula is C20H24N4O. The van der Waals surface area contributed by atoms with Gasteiger partial charge in [-0.05, 0) is 50.5 Å². The van der Waals surface area contributed by atoms with Gasteiger partial charge in [-0.2, -0.15) is 0 Å². The van der Waals surface area contributed by atoms with E-state index in [0.717, 1.165) is 54.3 Å². The molecule has 1 fully saturated rings. The van der Waals surface area contributed by atoms with Crippen molar-refractivity contribution in [2.24, 2.45) is 0 Å². The average Bonchev–Trinajstić information content (AvgIpc) is 3.08. The molecule has 2 aromatic heterocycles. The molecule has 5 heteroatoms. The van der Waals surface area contributed by atoms with E-state index < -0.39 is 6.10 Å². The van der Waals surface area contributed by atoms with Gasteiger partial charge in [0.05, 0.1) is 22.8 Å². The molecule has 0 saturated carbocycles. The zero-order chi connectivity index (χ0) is 17.4. The zero-order valence-electron chi connectivity index (χ0n) is 14.7. The number of benzene rings is 1. The normalized spacial score (nSPS) is 17.2. The van der Waals surface area contributed by atoms with Gasteiger partial charge in [-0.3, -0.25) is 0 Å². The van der Waals surface area contributed by atoms with Crippen molar-refractivity contribution in [3.8, 4) is 0 Å². The first-order chi connectivity index (χ1) is 12.1. The van der Waals surface area contributed by atoms with E-state index in [1.165, 1.54) is 5.56 Å². The molecule has 0 unspecified atom stereocenters. The van der Waals surface area contributed by atoms with Crippen LogP contribution in [0.4, 0.5) is 5.82 Å². The fourth-order valence-corrected chi connectivity index (χ4v) is 3.62. The molecule has 0 aliphatic carbocycles. The summed E-state index contributed by atoms with van der Waals surface area (Å²) in [6.07, 6.45) is 1.58. The molecule has 1 saturated heterocycles. The molecule has 3 heterocycles. The SMILES string of the molecule is Cc1cccc2[nH]c(C3CCN(c4cccc([C@@H](C)O)n4)CC3)nc12. The predicted octanol–water partition coefficient (Wildman–Crippen LogP) is 3.70. The Morgan fingerprint density at radius 2 is 1.88 bits per heavy atom. The highest BCUT2D eigenvalue weighted by molar-refractivity contribution is 5.78. The van der Waals surface area contributed by atoms with Crippen LogP contribution in [0.15, 0.2) is 36.4 Å². The minimum absolute atomic E-state index is 0.461. The van der Waals surface area contributed by atoms with Crippen molar-refractivity contribution >= 4 is 16.9 Å². The monoisotopic (exact) mass is 336 g/mol. The Labute approximate surface area is 147 Å². The number of pyridine rings is 1. The Bertz CT molecular complexity index is 878. The number of hydrogen-bond donors (Lipinski definition) is 2. The summed E-state index contributed by atoms with van der Waals surface area (Å²) < 4.78 is 0. The summed E-state index contributed by atoms with van der Waals surface area (Å²) in [5.74, 6) is 2.52. The Kier molecular flexibility index (Phi) is 4.17. The standard InChI is InChI=1S/C20H24N4O/c1-13-5-3-7-17-19(13)23-20(22-17)15-9-11-24(12-10-15)18-8-4-6-16(21-18)14(2)25/h3-8,14-15,25H,9-12H2,1-2H3,(H,22,23)/t14-/m1/s1. The first kappa shape index (κ1) is 16.1. The van der Waals surface area contributed by atoms with Crippen LogP contribution < -0.4 is 4.90 Å². The zero-order valence-corrected chi connectivity index (χ0v) is 14.7. The van der Waals surface area contributed by atoms with Crippen LogP contribution in [0.1, 0.15) is 48.9 Å². The number of rotatable bonds is 3. The van der Waals surface area contributed by atoms with Crippen LogP contribution in [-0.2, 0) is 0 Å². The summed E-state index contributed by atoms with van der Waals surface area (Å²) in [5, 5.41) is 9.74. The van der Waals surface area contributed by atoms with Gasteiger partial charge < -0.3 is 15.0 Å². The fourth-order valence-electron chi connectivity index (χ4n) is 3.62. The minimum atomic E-state index is -0.531. The van der Waals surface area contributed by atoms with Crippen LogP contribution in [0, 0.1) is 6.92 Å². The number of imidazole rings is 1. The van der Waals surface area contributed by atoms with Crippen LogP contribution in [-0.4, -0.2) is 33.1 Å². The van der Waals surface area contributed by atoms with Crippen LogP contribution in [0.5, 0.6) is 0 Å². The second-order valence-electron chi connectivity index (χ2n) is 6.95.